The maximum atomic E-state index is 15.1. The van der Waals surface area contributed by atoms with Crippen LogP contribution >= 0.6 is 0 Å². The molecule has 0 unspecified atom stereocenters. The number of ether oxygens (including phenoxy) is 10. The lowest BCUT2D eigenvalue weighted by Gasteiger charge is -2.46. The summed E-state index contributed by atoms with van der Waals surface area (Å²) in [7, 11) is 3.37. The molecular formula is C89H130N2O11. The first-order valence-corrected chi connectivity index (χ1v) is 39.7. The standard InChI is InChI=1S/C89H130N2O11/c1-6-9-12-15-16-17-18-19-20-21-22-39-52-82(96-66-77-54-58-79(93-4)59-55-77)85(97-70-78-56-60-80(94-5)61-57-78)81(90-84(92)53-40-23-26-43-64-91(62-41-24-13-10-7-2)63-42-25-14-11-8-3)71-101-89-88(100-69-76-50-37-30-38-51-76)87(99-68-75-48-35-29-36-49-75)86(98-67-74-46-33-28-34-47-74)83(102-89)72-95-65-73-44-31-27-32-45-73/h27-38,44-51,54-61,81-83,85-89H,6-26,39-43,52-53,62-72H2,1-5H3,(H,90,92)/t81-,82+,83+,85-,86-,87-,88+,89-/m0/s1. The summed E-state index contributed by atoms with van der Waals surface area (Å²) < 4.78 is 68.6. The first-order valence-electron chi connectivity index (χ1n) is 39.7. The Kier molecular flexibility index (Phi) is 43.2. The fourth-order valence-corrected chi connectivity index (χ4v) is 13.6. The van der Waals surface area contributed by atoms with Gasteiger partial charge in [0.15, 0.2) is 6.29 Å². The molecule has 0 aliphatic carbocycles. The Labute approximate surface area is 616 Å². The molecule has 8 atom stereocenters. The van der Waals surface area contributed by atoms with Crippen LogP contribution in [0.25, 0.3) is 0 Å². The largest absolute Gasteiger partial charge is 0.497 e. The lowest BCUT2D eigenvalue weighted by molar-refractivity contribution is -0.330. The maximum absolute atomic E-state index is 15.1. The fourth-order valence-electron chi connectivity index (χ4n) is 13.6. The number of methoxy groups -OCH3 is 2. The minimum atomic E-state index is -1.04. The van der Waals surface area contributed by atoms with E-state index in [-0.39, 0.29) is 38.9 Å². The van der Waals surface area contributed by atoms with E-state index >= 15 is 4.79 Å². The molecule has 0 bridgehead atoms. The highest BCUT2D eigenvalue weighted by Crippen LogP contribution is 2.33. The minimum absolute atomic E-state index is 0.0129. The number of hydrogen-bond donors (Lipinski definition) is 1. The molecule has 0 radical (unpaired) electrons. The van der Waals surface area contributed by atoms with E-state index in [1.165, 1.54) is 135 Å². The van der Waals surface area contributed by atoms with Gasteiger partial charge in [0.2, 0.25) is 5.91 Å². The Hall–Kier alpha value is -5.97. The monoisotopic (exact) mass is 1400 g/mol. The summed E-state index contributed by atoms with van der Waals surface area (Å²) >= 11 is 0. The molecule has 1 amide bonds. The Morgan fingerprint density at radius 1 is 0.402 bits per heavy atom. The van der Waals surface area contributed by atoms with Gasteiger partial charge in [0, 0.05) is 6.42 Å². The van der Waals surface area contributed by atoms with Crippen molar-refractivity contribution in [1.29, 1.82) is 0 Å². The van der Waals surface area contributed by atoms with Crippen molar-refractivity contribution in [2.24, 2.45) is 0 Å². The normalized spacial score (nSPS) is 17.0. The molecule has 1 fully saturated rings. The Balaban J connectivity index is 1.22. The van der Waals surface area contributed by atoms with Crippen molar-refractivity contribution in [3.8, 4) is 11.5 Å². The molecule has 1 N–H and O–H groups in total. The molecule has 1 saturated heterocycles. The van der Waals surface area contributed by atoms with Crippen LogP contribution in [0.15, 0.2) is 170 Å². The summed E-state index contributed by atoms with van der Waals surface area (Å²) in [5.41, 5.74) is 5.98. The third-order valence-electron chi connectivity index (χ3n) is 19.7. The van der Waals surface area contributed by atoms with Crippen LogP contribution in [0.2, 0.25) is 0 Å². The van der Waals surface area contributed by atoms with E-state index in [2.05, 4.69) is 91.7 Å². The predicted octanol–water partition coefficient (Wildman–Crippen LogP) is 20.7. The number of carbonyl (C=O) groups excluding carboxylic acids is 1. The number of nitrogens with zero attached hydrogens (tertiary/aromatic N) is 1. The van der Waals surface area contributed by atoms with E-state index < -0.39 is 49.0 Å². The van der Waals surface area contributed by atoms with Crippen LogP contribution in [0.3, 0.4) is 0 Å². The second-order valence-electron chi connectivity index (χ2n) is 28.2. The van der Waals surface area contributed by atoms with Gasteiger partial charge in [-0.25, -0.2) is 0 Å². The van der Waals surface area contributed by atoms with Gasteiger partial charge in [-0.05, 0) is 109 Å². The number of carbonyl (C=O) groups is 1. The molecule has 0 saturated carbocycles. The summed E-state index contributed by atoms with van der Waals surface area (Å²) in [6.07, 6.45) is 27.5. The molecule has 102 heavy (non-hydrogen) atoms. The second-order valence-corrected chi connectivity index (χ2v) is 28.2. The van der Waals surface area contributed by atoms with Crippen molar-refractivity contribution in [1.82, 2.24) is 10.2 Å². The van der Waals surface area contributed by atoms with Gasteiger partial charge in [0.05, 0.1) is 79.2 Å². The van der Waals surface area contributed by atoms with Crippen LogP contribution in [-0.2, 0) is 82.3 Å². The molecule has 562 valence electrons. The molecule has 6 aromatic carbocycles. The molecular weight excluding hydrogens is 1270 g/mol. The van der Waals surface area contributed by atoms with Gasteiger partial charge in [-0.2, -0.15) is 0 Å². The number of unbranched alkanes of at least 4 members (excludes halogenated alkanes) is 22. The van der Waals surface area contributed by atoms with Gasteiger partial charge >= 0.3 is 0 Å². The van der Waals surface area contributed by atoms with Gasteiger partial charge in [-0.3, -0.25) is 4.79 Å². The van der Waals surface area contributed by atoms with Gasteiger partial charge in [0.1, 0.15) is 42.0 Å². The molecule has 0 aromatic heterocycles. The smallest absolute Gasteiger partial charge is 0.220 e. The number of amides is 1. The zero-order valence-corrected chi connectivity index (χ0v) is 63.3. The van der Waals surface area contributed by atoms with Crippen molar-refractivity contribution < 1.29 is 52.2 Å². The summed E-state index contributed by atoms with van der Waals surface area (Å²) in [6.45, 7) is 12.2. The average molecular weight is 1400 g/mol. The minimum Gasteiger partial charge on any atom is -0.497 e. The quantitative estimate of drug-likeness (QED) is 0.0366. The lowest BCUT2D eigenvalue weighted by Crippen LogP contribution is -2.62. The summed E-state index contributed by atoms with van der Waals surface area (Å²) in [5, 5.41) is 3.59. The maximum Gasteiger partial charge on any atom is 0.220 e. The van der Waals surface area contributed by atoms with Crippen LogP contribution in [0.5, 0.6) is 11.5 Å². The van der Waals surface area contributed by atoms with Crippen molar-refractivity contribution in [2.45, 2.75) is 289 Å². The van der Waals surface area contributed by atoms with Crippen LogP contribution in [-0.4, -0.2) is 107 Å². The zero-order valence-electron chi connectivity index (χ0n) is 63.3. The topological polar surface area (TPSA) is 125 Å². The Morgan fingerprint density at radius 2 is 0.784 bits per heavy atom. The third-order valence-corrected chi connectivity index (χ3v) is 19.7. The zero-order chi connectivity index (χ0) is 71.5. The van der Waals surface area contributed by atoms with Crippen molar-refractivity contribution >= 4 is 5.91 Å². The molecule has 1 heterocycles. The van der Waals surface area contributed by atoms with E-state index in [0.29, 0.717) is 32.7 Å². The molecule has 13 heteroatoms. The molecule has 1 aliphatic heterocycles. The first-order chi connectivity index (χ1) is 50.4. The van der Waals surface area contributed by atoms with Gasteiger partial charge in [0.25, 0.3) is 0 Å². The van der Waals surface area contributed by atoms with Crippen LogP contribution in [0.4, 0.5) is 0 Å². The van der Waals surface area contributed by atoms with Gasteiger partial charge in [-0.1, -0.05) is 308 Å². The molecule has 1 aliphatic rings. The molecule has 0 spiro atoms. The van der Waals surface area contributed by atoms with E-state index in [9.17, 15) is 0 Å². The molecule has 7 rings (SSSR count). The third kappa shape index (κ3) is 33.9. The van der Waals surface area contributed by atoms with E-state index in [4.69, 9.17) is 47.4 Å². The number of hydrogen-bond acceptors (Lipinski definition) is 12. The van der Waals surface area contributed by atoms with Crippen molar-refractivity contribution in [2.75, 3.05) is 47.1 Å². The molecule has 6 aromatic rings. The van der Waals surface area contributed by atoms with Gasteiger partial charge < -0.3 is 57.6 Å². The highest BCUT2D eigenvalue weighted by atomic mass is 16.7. The van der Waals surface area contributed by atoms with E-state index in [1.54, 1.807) is 14.2 Å². The van der Waals surface area contributed by atoms with Crippen LogP contribution in [0.1, 0.15) is 234 Å². The summed E-state index contributed by atoms with van der Waals surface area (Å²) in [6, 6.07) is 56.1. The lowest BCUT2D eigenvalue weighted by atomic mass is 9.97. The number of benzene rings is 6. The van der Waals surface area contributed by atoms with Gasteiger partial charge in [-0.15, -0.1) is 0 Å². The summed E-state index contributed by atoms with van der Waals surface area (Å²) in [4.78, 5) is 17.8. The number of rotatable bonds is 59. The molecule has 13 nitrogen and oxygen atoms in total. The van der Waals surface area contributed by atoms with Crippen molar-refractivity contribution in [3.63, 3.8) is 0 Å². The van der Waals surface area contributed by atoms with E-state index in [0.717, 1.165) is 96.4 Å². The van der Waals surface area contributed by atoms with E-state index in [1.807, 2.05) is 109 Å². The fraction of sp³-hybridized carbons (Fsp3) is 0.584. The van der Waals surface area contributed by atoms with Crippen LogP contribution in [0, 0.1) is 0 Å². The number of nitrogens with one attached hydrogen (secondary N) is 1. The summed E-state index contributed by atoms with van der Waals surface area (Å²) in [5.74, 6) is 1.47. The predicted molar refractivity (Wildman–Crippen MR) is 414 cm³/mol. The highest BCUT2D eigenvalue weighted by Gasteiger charge is 2.50. The average Bonchev–Trinajstić information content (AvgIpc) is 0.784. The van der Waals surface area contributed by atoms with Crippen molar-refractivity contribution in [3.05, 3.63) is 203 Å². The Morgan fingerprint density at radius 3 is 1.24 bits per heavy atom. The SMILES string of the molecule is CCCCCCCCCCCCCC[C@@H](OCc1ccc(OC)cc1)[C@@H](OCc1ccc(OC)cc1)[C@H](CO[C@H]1O[C@H](COCc2ccccc2)[C@H](OCc2ccccc2)[C@H](OCc2ccccc2)[C@H]1OCc1ccccc1)NC(=O)CCCCCCN(CCCCCCC)CCCCCCC. The van der Waals surface area contributed by atoms with Crippen LogP contribution < -0.4 is 14.8 Å². The first kappa shape index (κ1) is 83.3. The Bertz CT molecular complexity index is 2950. The second kappa shape index (κ2) is 52.9. The highest BCUT2D eigenvalue weighted by molar-refractivity contribution is 5.76.